The Morgan fingerprint density at radius 2 is 1.91 bits per heavy atom. The molecule has 0 unspecified atom stereocenters. The Bertz CT molecular complexity index is 692. The molecule has 0 atom stereocenters. The summed E-state index contributed by atoms with van der Waals surface area (Å²) in [5.41, 5.74) is 1.42. The number of nitrogens with zero attached hydrogens (tertiary/aromatic N) is 1. The van der Waals surface area contributed by atoms with Gasteiger partial charge in [0, 0.05) is 24.6 Å². The van der Waals surface area contributed by atoms with Gasteiger partial charge in [-0.25, -0.2) is 0 Å². The van der Waals surface area contributed by atoms with Crippen LogP contribution in [0.4, 0.5) is 5.69 Å². The molecule has 0 aliphatic rings. The Balaban J connectivity index is 1.82. The maximum Gasteiger partial charge on any atom is 0.233 e. The van der Waals surface area contributed by atoms with Crippen LogP contribution in [0.1, 0.15) is 12.0 Å². The highest BCUT2D eigenvalue weighted by molar-refractivity contribution is 6.32. The van der Waals surface area contributed by atoms with Gasteiger partial charge in [-0.05, 0) is 35.9 Å². The number of pyridine rings is 1. The van der Waals surface area contributed by atoms with Crippen molar-refractivity contribution in [1.82, 2.24) is 10.3 Å². The highest BCUT2D eigenvalue weighted by Gasteiger charge is 2.10. The molecular formula is C16H16ClN3O3. The molecule has 120 valence electrons. The van der Waals surface area contributed by atoms with Crippen molar-refractivity contribution >= 4 is 29.1 Å². The van der Waals surface area contributed by atoms with Gasteiger partial charge in [0.2, 0.25) is 11.8 Å². The Kier molecular flexibility index (Phi) is 5.94. The third-order valence-electron chi connectivity index (χ3n) is 3.00. The third-order valence-corrected chi connectivity index (χ3v) is 3.29. The first-order valence-electron chi connectivity index (χ1n) is 6.87. The second-order valence-electron chi connectivity index (χ2n) is 4.71. The number of carbonyl (C=O) groups is 2. The molecule has 1 aromatic carbocycles. The van der Waals surface area contributed by atoms with Crippen LogP contribution >= 0.6 is 11.6 Å². The molecule has 2 aromatic rings. The summed E-state index contributed by atoms with van der Waals surface area (Å²) in [7, 11) is 1.51. The number of nitrogens with one attached hydrogen (secondary N) is 2. The summed E-state index contributed by atoms with van der Waals surface area (Å²) in [6, 6.07) is 8.44. The van der Waals surface area contributed by atoms with Crippen molar-refractivity contribution in [1.29, 1.82) is 0 Å². The summed E-state index contributed by atoms with van der Waals surface area (Å²) in [6.45, 7) is 0.350. The van der Waals surface area contributed by atoms with E-state index in [9.17, 15) is 9.59 Å². The number of anilines is 1. The quantitative estimate of drug-likeness (QED) is 0.795. The monoisotopic (exact) mass is 333 g/mol. The minimum atomic E-state index is -0.418. The lowest BCUT2D eigenvalue weighted by Gasteiger charge is -2.08. The number of halogens is 1. The molecule has 1 heterocycles. The number of hydrogen-bond donors (Lipinski definition) is 2. The van der Waals surface area contributed by atoms with E-state index < -0.39 is 5.91 Å². The first-order valence-corrected chi connectivity index (χ1v) is 7.25. The topological polar surface area (TPSA) is 80.3 Å². The molecule has 0 bridgehead atoms. The molecule has 2 amide bonds. The Labute approximate surface area is 138 Å². The van der Waals surface area contributed by atoms with E-state index in [0.29, 0.717) is 23.0 Å². The number of methoxy groups -OCH3 is 1. The predicted octanol–water partition coefficient (Wildman–Crippen LogP) is 2.39. The molecule has 6 nitrogen and oxygen atoms in total. The average Bonchev–Trinajstić information content (AvgIpc) is 2.54. The number of aromatic nitrogens is 1. The Morgan fingerprint density at radius 1 is 1.17 bits per heavy atom. The van der Waals surface area contributed by atoms with Gasteiger partial charge < -0.3 is 15.4 Å². The summed E-state index contributed by atoms with van der Waals surface area (Å²) in [6.07, 6.45) is 3.01. The molecule has 2 N–H and O–H groups in total. The van der Waals surface area contributed by atoms with Crippen molar-refractivity contribution in [2.24, 2.45) is 0 Å². The van der Waals surface area contributed by atoms with Crippen LogP contribution in [0.3, 0.4) is 0 Å². The van der Waals surface area contributed by atoms with Crippen LogP contribution in [0.15, 0.2) is 42.7 Å². The number of ether oxygens (including phenoxy) is 1. The Hall–Kier alpha value is -2.60. The fraction of sp³-hybridized carbons (Fsp3) is 0.188. The minimum absolute atomic E-state index is 0.269. The maximum atomic E-state index is 11.8. The van der Waals surface area contributed by atoms with Gasteiger partial charge in [-0.2, -0.15) is 0 Å². The normalized spacial score (nSPS) is 10.0. The lowest BCUT2D eigenvalue weighted by atomic mass is 10.2. The van der Waals surface area contributed by atoms with Crippen molar-refractivity contribution in [3.05, 3.63) is 53.3 Å². The lowest BCUT2D eigenvalue weighted by molar-refractivity contribution is -0.126. The van der Waals surface area contributed by atoms with Gasteiger partial charge in [-0.3, -0.25) is 14.6 Å². The molecule has 23 heavy (non-hydrogen) atoms. The van der Waals surface area contributed by atoms with Crippen LogP contribution in [0.5, 0.6) is 5.75 Å². The average molecular weight is 334 g/mol. The van der Waals surface area contributed by atoms with Crippen molar-refractivity contribution < 1.29 is 14.3 Å². The molecule has 0 saturated heterocycles. The van der Waals surface area contributed by atoms with E-state index in [4.69, 9.17) is 16.3 Å². The maximum absolute atomic E-state index is 11.8. The second-order valence-corrected chi connectivity index (χ2v) is 5.11. The molecule has 0 aliphatic heterocycles. The molecule has 0 fully saturated rings. The molecule has 0 aliphatic carbocycles. The van der Waals surface area contributed by atoms with Crippen LogP contribution < -0.4 is 15.4 Å². The fourth-order valence-corrected chi connectivity index (χ4v) is 2.12. The summed E-state index contributed by atoms with van der Waals surface area (Å²) in [4.78, 5) is 27.5. The lowest BCUT2D eigenvalue weighted by Crippen LogP contribution is -2.27. The zero-order chi connectivity index (χ0) is 16.7. The van der Waals surface area contributed by atoms with Crippen LogP contribution in [0.2, 0.25) is 5.02 Å². The number of hydrogen-bond acceptors (Lipinski definition) is 4. The summed E-state index contributed by atoms with van der Waals surface area (Å²) >= 11 is 5.98. The molecule has 0 saturated carbocycles. The van der Waals surface area contributed by atoms with E-state index in [2.05, 4.69) is 15.6 Å². The van der Waals surface area contributed by atoms with Gasteiger partial charge in [0.1, 0.15) is 12.2 Å². The minimum Gasteiger partial charge on any atom is -0.495 e. The Morgan fingerprint density at radius 3 is 2.57 bits per heavy atom. The molecule has 1 aromatic heterocycles. The van der Waals surface area contributed by atoms with Gasteiger partial charge in [0.05, 0.1) is 12.1 Å². The highest BCUT2D eigenvalue weighted by Crippen LogP contribution is 2.27. The van der Waals surface area contributed by atoms with Gasteiger partial charge in [-0.1, -0.05) is 11.6 Å². The molecular weight excluding hydrogens is 318 g/mol. The van der Waals surface area contributed by atoms with E-state index in [0.717, 1.165) is 5.56 Å². The predicted molar refractivity (Wildman–Crippen MR) is 87.3 cm³/mol. The van der Waals surface area contributed by atoms with Crippen molar-refractivity contribution in [2.75, 3.05) is 12.4 Å². The van der Waals surface area contributed by atoms with E-state index in [1.807, 2.05) is 0 Å². The SMILES string of the molecule is COc1ccc(NC(=O)CC(=O)NCc2ccncc2)cc1Cl. The highest BCUT2D eigenvalue weighted by atomic mass is 35.5. The number of rotatable bonds is 6. The number of benzene rings is 1. The van der Waals surface area contributed by atoms with Crippen molar-refractivity contribution in [3.63, 3.8) is 0 Å². The first kappa shape index (κ1) is 16.8. The zero-order valence-electron chi connectivity index (χ0n) is 12.5. The molecule has 7 heteroatoms. The summed E-state index contributed by atoms with van der Waals surface area (Å²) < 4.78 is 5.03. The standard InChI is InChI=1S/C16H16ClN3O3/c1-23-14-3-2-12(8-13(14)17)20-16(22)9-15(21)19-10-11-4-6-18-7-5-11/h2-8H,9-10H2,1H3,(H,19,21)(H,20,22). The third kappa shape index (κ3) is 5.27. The van der Waals surface area contributed by atoms with Crippen molar-refractivity contribution in [3.8, 4) is 5.75 Å². The number of amides is 2. The van der Waals surface area contributed by atoms with E-state index in [1.54, 1.807) is 42.7 Å². The fourth-order valence-electron chi connectivity index (χ4n) is 1.86. The first-order chi connectivity index (χ1) is 11.1. The zero-order valence-corrected chi connectivity index (χ0v) is 13.3. The van der Waals surface area contributed by atoms with E-state index in [-0.39, 0.29) is 12.3 Å². The smallest absolute Gasteiger partial charge is 0.233 e. The van der Waals surface area contributed by atoms with E-state index >= 15 is 0 Å². The summed E-state index contributed by atoms with van der Waals surface area (Å²) in [5, 5.41) is 5.67. The largest absolute Gasteiger partial charge is 0.495 e. The van der Waals surface area contributed by atoms with Gasteiger partial charge in [-0.15, -0.1) is 0 Å². The van der Waals surface area contributed by atoms with Crippen LogP contribution in [0.25, 0.3) is 0 Å². The van der Waals surface area contributed by atoms with Crippen LogP contribution in [-0.4, -0.2) is 23.9 Å². The van der Waals surface area contributed by atoms with Gasteiger partial charge in [0.15, 0.2) is 0 Å². The second kappa shape index (κ2) is 8.14. The molecule has 2 rings (SSSR count). The van der Waals surface area contributed by atoms with Gasteiger partial charge in [0.25, 0.3) is 0 Å². The van der Waals surface area contributed by atoms with Crippen LogP contribution in [-0.2, 0) is 16.1 Å². The van der Waals surface area contributed by atoms with Crippen LogP contribution in [0, 0.1) is 0 Å². The van der Waals surface area contributed by atoms with E-state index in [1.165, 1.54) is 7.11 Å². The van der Waals surface area contributed by atoms with Crippen molar-refractivity contribution in [2.45, 2.75) is 13.0 Å². The summed E-state index contributed by atoms with van der Waals surface area (Å²) in [5.74, 6) is -0.267. The van der Waals surface area contributed by atoms with Gasteiger partial charge >= 0.3 is 0 Å². The molecule has 0 spiro atoms. The number of carbonyl (C=O) groups excluding carboxylic acids is 2. The molecule has 0 radical (unpaired) electrons.